The number of fused-ring (bicyclic) bond motifs is 2. The van der Waals surface area contributed by atoms with Crippen molar-refractivity contribution >= 4 is 23.4 Å². The number of hydrogen-bond acceptors (Lipinski definition) is 5. The van der Waals surface area contributed by atoms with Crippen LogP contribution >= 0.6 is 11.8 Å². The summed E-state index contributed by atoms with van der Waals surface area (Å²) in [4.78, 5) is 15.8. The summed E-state index contributed by atoms with van der Waals surface area (Å²) in [5.41, 5.74) is 9.41. The maximum atomic E-state index is 13.8. The fraction of sp³-hybridized carbons (Fsp3) is 0.500. The lowest BCUT2D eigenvalue weighted by Crippen LogP contribution is -2.51. The molecule has 5 nitrogen and oxygen atoms in total. The minimum absolute atomic E-state index is 0.161. The lowest BCUT2D eigenvalue weighted by atomic mass is 9.87. The highest BCUT2D eigenvalue weighted by Crippen LogP contribution is 2.40. The van der Waals surface area contributed by atoms with Gasteiger partial charge in [0.05, 0.1) is 0 Å². The van der Waals surface area contributed by atoms with Crippen molar-refractivity contribution in [1.29, 1.82) is 0 Å². The molecule has 7 heteroatoms. The van der Waals surface area contributed by atoms with Crippen molar-refractivity contribution < 1.29 is 13.9 Å². The average molecular weight is 470 g/mol. The molecule has 0 bridgehead atoms. The van der Waals surface area contributed by atoms with Crippen molar-refractivity contribution in [2.24, 2.45) is 5.73 Å². The molecule has 0 spiro atoms. The summed E-state index contributed by atoms with van der Waals surface area (Å²) in [7, 11) is 0. The Kier molecular flexibility index (Phi) is 6.52. The molecule has 0 radical (unpaired) electrons. The topological polar surface area (TPSA) is 67.6 Å². The molecule has 2 unspecified atom stereocenters. The molecule has 1 aliphatic carbocycles. The fourth-order valence-corrected chi connectivity index (χ4v) is 6.15. The number of ether oxygens (including phenoxy) is 1. The second-order valence-corrected chi connectivity index (χ2v) is 10.3. The van der Waals surface area contributed by atoms with E-state index in [2.05, 4.69) is 10.2 Å². The quantitative estimate of drug-likeness (QED) is 0.544. The highest BCUT2D eigenvalue weighted by atomic mass is 32.2. The van der Waals surface area contributed by atoms with Gasteiger partial charge in [0.1, 0.15) is 18.2 Å². The zero-order chi connectivity index (χ0) is 22.9. The molecule has 33 heavy (non-hydrogen) atoms. The maximum Gasteiger partial charge on any atom is 0.249 e. The minimum Gasteiger partial charge on any atom is -0.490 e. The predicted octanol–water partition coefficient (Wildman–Crippen LogP) is 4.79. The molecule has 2 aliphatic heterocycles. The zero-order valence-corrected chi connectivity index (χ0v) is 19.9. The van der Waals surface area contributed by atoms with E-state index < -0.39 is 5.91 Å². The van der Waals surface area contributed by atoms with E-state index in [0.29, 0.717) is 24.1 Å². The molecule has 5 rings (SSSR count). The molecular formula is C26H32FN3O2S. The first-order valence-electron chi connectivity index (χ1n) is 12.0. The van der Waals surface area contributed by atoms with Crippen molar-refractivity contribution in [3.05, 3.63) is 52.8 Å². The Morgan fingerprint density at radius 3 is 2.85 bits per heavy atom. The van der Waals surface area contributed by atoms with Crippen LogP contribution in [0.1, 0.15) is 59.5 Å². The van der Waals surface area contributed by atoms with Gasteiger partial charge in [0.25, 0.3) is 0 Å². The summed E-state index contributed by atoms with van der Waals surface area (Å²) in [6.45, 7) is 2.50. The van der Waals surface area contributed by atoms with E-state index >= 15 is 0 Å². The Morgan fingerprint density at radius 1 is 1.27 bits per heavy atom. The summed E-state index contributed by atoms with van der Waals surface area (Å²) in [5.74, 6) is 0.636. The number of halogens is 1. The van der Waals surface area contributed by atoms with Crippen LogP contribution in [0.4, 0.5) is 10.1 Å². The van der Waals surface area contributed by atoms with Gasteiger partial charge in [-0.2, -0.15) is 0 Å². The minimum atomic E-state index is -0.391. The number of anilines is 1. The normalized spacial score (nSPS) is 21.7. The van der Waals surface area contributed by atoms with Gasteiger partial charge in [-0.15, -0.1) is 11.8 Å². The van der Waals surface area contributed by atoms with Crippen molar-refractivity contribution in [3.8, 4) is 5.75 Å². The molecule has 2 aromatic carbocycles. The van der Waals surface area contributed by atoms with E-state index in [1.54, 1.807) is 17.8 Å². The Labute approximate surface area is 199 Å². The number of primary amides is 1. The van der Waals surface area contributed by atoms with Gasteiger partial charge in [0, 0.05) is 46.3 Å². The Morgan fingerprint density at radius 2 is 2.12 bits per heavy atom. The lowest BCUT2D eigenvalue weighted by molar-refractivity contribution is 0.0417. The third-order valence-corrected chi connectivity index (χ3v) is 8.30. The van der Waals surface area contributed by atoms with Crippen LogP contribution in [0.25, 0.3) is 0 Å². The first-order chi connectivity index (χ1) is 16.0. The number of nitrogens with two attached hydrogens (primary N) is 1. The number of rotatable bonds is 8. The Balaban J connectivity index is 1.29. The van der Waals surface area contributed by atoms with Gasteiger partial charge in [-0.05, 0) is 80.8 Å². The molecule has 176 valence electrons. The second-order valence-electron chi connectivity index (χ2n) is 9.43. The van der Waals surface area contributed by atoms with E-state index in [1.807, 2.05) is 24.5 Å². The van der Waals surface area contributed by atoms with Crippen LogP contribution in [0.2, 0.25) is 0 Å². The van der Waals surface area contributed by atoms with E-state index in [9.17, 15) is 9.18 Å². The number of thioether (sulfide) groups is 1. The number of benzene rings is 2. The molecule has 2 heterocycles. The summed E-state index contributed by atoms with van der Waals surface area (Å²) < 4.78 is 20.0. The van der Waals surface area contributed by atoms with Gasteiger partial charge in [0.2, 0.25) is 5.91 Å². The molecule has 1 fully saturated rings. The molecule has 0 saturated heterocycles. The largest absolute Gasteiger partial charge is 0.490 e. The first kappa shape index (κ1) is 22.5. The predicted molar refractivity (Wildman–Crippen MR) is 131 cm³/mol. The third-order valence-electron chi connectivity index (χ3n) is 7.54. The second kappa shape index (κ2) is 9.55. The highest BCUT2D eigenvalue weighted by molar-refractivity contribution is 7.98. The smallest absolute Gasteiger partial charge is 0.249 e. The van der Waals surface area contributed by atoms with E-state index in [4.69, 9.17) is 10.5 Å². The monoisotopic (exact) mass is 469 g/mol. The molecule has 1 amide bonds. The number of carbonyl (C=O) groups excluding carboxylic acids is 1. The highest BCUT2D eigenvalue weighted by Gasteiger charge is 2.35. The molecule has 3 N–H and O–H groups in total. The van der Waals surface area contributed by atoms with Crippen molar-refractivity contribution in [3.63, 3.8) is 0 Å². The van der Waals surface area contributed by atoms with Crippen LogP contribution in [0, 0.1) is 5.82 Å². The fourth-order valence-electron chi connectivity index (χ4n) is 5.58. The molecular weight excluding hydrogens is 437 g/mol. The standard InChI is InChI=1S/C26H32FN3O2S/c1-33-24-10-8-20(26(28)31)22-13-19(15-32-25(22)24)30(18-5-2-6-18)11-3-4-16-14-29-23-9-7-17(27)12-21(16)23/h7-10,12,16,18-19,29H,2-6,11,13-15H2,1H3,(H2,28,31). The number of carbonyl (C=O) groups is 1. The lowest BCUT2D eigenvalue weighted by Gasteiger charge is -2.44. The van der Waals surface area contributed by atoms with Crippen LogP contribution in [0.3, 0.4) is 0 Å². The third kappa shape index (κ3) is 4.45. The van der Waals surface area contributed by atoms with Crippen LogP contribution in [-0.2, 0) is 6.42 Å². The van der Waals surface area contributed by atoms with Gasteiger partial charge >= 0.3 is 0 Å². The van der Waals surface area contributed by atoms with E-state index in [1.165, 1.54) is 25.3 Å². The molecule has 2 aromatic rings. The van der Waals surface area contributed by atoms with Gasteiger partial charge in [-0.25, -0.2) is 4.39 Å². The van der Waals surface area contributed by atoms with Crippen molar-refractivity contribution in [1.82, 2.24) is 4.90 Å². The number of hydrogen-bond donors (Lipinski definition) is 2. The SMILES string of the molecule is CSc1ccc(C(N)=O)c2c1OCC(N(CCCC1CNc3ccc(F)cc31)C1CCC1)C2. The van der Waals surface area contributed by atoms with Crippen LogP contribution in [0.5, 0.6) is 5.75 Å². The molecule has 0 aromatic heterocycles. The summed E-state index contributed by atoms with van der Waals surface area (Å²) in [6, 6.07) is 9.65. The van der Waals surface area contributed by atoms with Crippen LogP contribution in [0.15, 0.2) is 35.2 Å². The number of nitrogens with one attached hydrogen (secondary N) is 1. The van der Waals surface area contributed by atoms with Gasteiger partial charge in [-0.3, -0.25) is 9.69 Å². The van der Waals surface area contributed by atoms with Gasteiger partial charge in [-0.1, -0.05) is 6.42 Å². The Hall–Kier alpha value is -2.25. The van der Waals surface area contributed by atoms with Crippen molar-refractivity contribution in [2.75, 3.05) is 31.3 Å². The van der Waals surface area contributed by atoms with Crippen LogP contribution in [-0.4, -0.2) is 48.8 Å². The van der Waals surface area contributed by atoms with Gasteiger partial charge in [0.15, 0.2) is 0 Å². The first-order valence-corrected chi connectivity index (χ1v) is 13.2. The average Bonchev–Trinajstić information content (AvgIpc) is 3.17. The molecule has 2 atom stereocenters. The molecule has 1 saturated carbocycles. The number of amides is 1. The molecule has 3 aliphatic rings. The van der Waals surface area contributed by atoms with Gasteiger partial charge < -0.3 is 15.8 Å². The summed E-state index contributed by atoms with van der Waals surface area (Å²) in [6.07, 6.45) is 8.60. The summed E-state index contributed by atoms with van der Waals surface area (Å²) >= 11 is 1.64. The number of nitrogens with zero attached hydrogens (tertiary/aromatic N) is 1. The zero-order valence-electron chi connectivity index (χ0n) is 19.1. The van der Waals surface area contributed by atoms with Crippen molar-refractivity contribution in [2.45, 2.75) is 61.4 Å². The van der Waals surface area contributed by atoms with E-state index in [-0.39, 0.29) is 11.9 Å². The maximum absolute atomic E-state index is 13.8. The summed E-state index contributed by atoms with van der Waals surface area (Å²) in [5, 5.41) is 3.42. The van der Waals surface area contributed by atoms with Crippen LogP contribution < -0.4 is 15.8 Å². The van der Waals surface area contributed by atoms with E-state index in [0.717, 1.165) is 59.8 Å². The Bertz CT molecular complexity index is 1040.